The van der Waals surface area contributed by atoms with Crippen molar-refractivity contribution in [2.24, 2.45) is 5.73 Å². The monoisotopic (exact) mass is 256 g/mol. The highest BCUT2D eigenvalue weighted by atomic mass is 16.2. The van der Waals surface area contributed by atoms with Crippen molar-refractivity contribution in [3.05, 3.63) is 35.4 Å². The molecule has 3 fully saturated rings. The predicted octanol–water partition coefficient (Wildman–Crippen LogP) is 1.94. The molecular weight excluding hydrogens is 236 g/mol. The Morgan fingerprint density at radius 2 is 1.84 bits per heavy atom. The van der Waals surface area contributed by atoms with Gasteiger partial charge in [-0.3, -0.25) is 4.79 Å². The van der Waals surface area contributed by atoms with Gasteiger partial charge in [-0.25, -0.2) is 0 Å². The van der Waals surface area contributed by atoms with Gasteiger partial charge in [0.2, 0.25) is 5.91 Å². The molecule has 3 aliphatic carbocycles. The second-order valence-electron chi connectivity index (χ2n) is 6.57. The zero-order valence-corrected chi connectivity index (χ0v) is 11.1. The van der Waals surface area contributed by atoms with Gasteiger partial charge in [-0.15, -0.1) is 0 Å². The number of nitrogens with one attached hydrogen (secondary N) is 1. The number of amides is 1. The van der Waals surface area contributed by atoms with Crippen LogP contribution in [0.2, 0.25) is 0 Å². The van der Waals surface area contributed by atoms with Crippen molar-refractivity contribution >= 4 is 5.91 Å². The fourth-order valence-electron chi connectivity index (χ4n) is 2.87. The molecule has 0 heterocycles. The lowest BCUT2D eigenvalue weighted by Gasteiger charge is -2.18. The maximum atomic E-state index is 12.4. The van der Waals surface area contributed by atoms with E-state index in [0.29, 0.717) is 6.04 Å². The average Bonchev–Trinajstić information content (AvgIpc) is 3.22. The molecule has 0 aliphatic heterocycles. The Labute approximate surface area is 113 Å². The SMILES string of the molecule is NC1(c2cccc(C3(C(=O)NC4CC4)CC3)c2)CC1. The Morgan fingerprint density at radius 1 is 1.16 bits per heavy atom. The minimum Gasteiger partial charge on any atom is -0.353 e. The van der Waals surface area contributed by atoms with E-state index in [1.165, 1.54) is 11.1 Å². The summed E-state index contributed by atoms with van der Waals surface area (Å²) in [5, 5.41) is 3.16. The van der Waals surface area contributed by atoms with E-state index in [0.717, 1.165) is 38.5 Å². The molecule has 0 saturated heterocycles. The van der Waals surface area contributed by atoms with Gasteiger partial charge in [0, 0.05) is 11.6 Å². The Balaban J connectivity index is 1.62. The van der Waals surface area contributed by atoms with Crippen molar-refractivity contribution in [1.82, 2.24) is 5.32 Å². The van der Waals surface area contributed by atoms with Gasteiger partial charge < -0.3 is 11.1 Å². The van der Waals surface area contributed by atoms with Crippen LogP contribution in [0.25, 0.3) is 0 Å². The van der Waals surface area contributed by atoms with Crippen molar-refractivity contribution in [2.75, 3.05) is 0 Å². The first-order valence-electron chi connectivity index (χ1n) is 7.33. The second-order valence-corrected chi connectivity index (χ2v) is 6.57. The normalized spacial score (nSPS) is 25.7. The van der Waals surface area contributed by atoms with Crippen molar-refractivity contribution in [2.45, 2.75) is 55.5 Å². The third-order valence-electron chi connectivity index (χ3n) is 4.88. The summed E-state index contributed by atoms with van der Waals surface area (Å²) in [5.74, 6) is 0.231. The molecule has 0 unspecified atom stereocenters. The highest BCUT2D eigenvalue weighted by Gasteiger charge is 2.52. The summed E-state index contributed by atoms with van der Waals surface area (Å²) in [6, 6.07) is 8.87. The van der Waals surface area contributed by atoms with Gasteiger partial charge in [-0.1, -0.05) is 24.3 Å². The summed E-state index contributed by atoms with van der Waals surface area (Å²) < 4.78 is 0. The van der Waals surface area contributed by atoms with Crippen LogP contribution in [-0.4, -0.2) is 11.9 Å². The van der Waals surface area contributed by atoms with Gasteiger partial charge in [0.05, 0.1) is 5.41 Å². The van der Waals surface area contributed by atoms with Crippen molar-refractivity contribution in [3.8, 4) is 0 Å². The van der Waals surface area contributed by atoms with Gasteiger partial charge >= 0.3 is 0 Å². The van der Waals surface area contributed by atoms with Crippen LogP contribution in [0, 0.1) is 0 Å². The number of nitrogens with two attached hydrogens (primary N) is 1. The molecule has 0 radical (unpaired) electrons. The van der Waals surface area contributed by atoms with Crippen LogP contribution >= 0.6 is 0 Å². The van der Waals surface area contributed by atoms with Gasteiger partial charge in [0.25, 0.3) is 0 Å². The highest BCUT2D eigenvalue weighted by molar-refractivity contribution is 5.91. The minimum absolute atomic E-state index is 0.112. The first-order chi connectivity index (χ1) is 9.12. The molecule has 1 aromatic carbocycles. The first-order valence-corrected chi connectivity index (χ1v) is 7.33. The van der Waals surface area contributed by atoms with Crippen LogP contribution < -0.4 is 11.1 Å². The third-order valence-corrected chi connectivity index (χ3v) is 4.88. The largest absolute Gasteiger partial charge is 0.353 e. The Morgan fingerprint density at radius 3 is 2.42 bits per heavy atom. The molecule has 3 heteroatoms. The minimum atomic E-state index is -0.246. The molecule has 3 saturated carbocycles. The molecule has 3 aliphatic rings. The molecule has 0 spiro atoms. The molecule has 0 atom stereocenters. The average molecular weight is 256 g/mol. The molecule has 3 nitrogen and oxygen atoms in total. The fraction of sp³-hybridized carbons (Fsp3) is 0.562. The Hall–Kier alpha value is -1.35. The fourth-order valence-corrected chi connectivity index (χ4v) is 2.87. The quantitative estimate of drug-likeness (QED) is 0.865. The summed E-state index contributed by atoms with van der Waals surface area (Å²) in [6.07, 6.45) is 6.39. The summed E-state index contributed by atoms with van der Waals surface area (Å²) in [5.41, 5.74) is 8.28. The van der Waals surface area contributed by atoms with Crippen LogP contribution in [0.15, 0.2) is 24.3 Å². The molecule has 19 heavy (non-hydrogen) atoms. The predicted molar refractivity (Wildman–Crippen MR) is 73.6 cm³/mol. The number of benzene rings is 1. The maximum Gasteiger partial charge on any atom is 0.230 e. The zero-order valence-electron chi connectivity index (χ0n) is 11.1. The van der Waals surface area contributed by atoms with E-state index in [4.69, 9.17) is 5.73 Å². The van der Waals surface area contributed by atoms with Crippen LogP contribution in [-0.2, 0) is 15.7 Å². The summed E-state index contributed by atoms with van der Waals surface area (Å²) in [4.78, 5) is 12.4. The summed E-state index contributed by atoms with van der Waals surface area (Å²) in [6.45, 7) is 0. The van der Waals surface area contributed by atoms with Gasteiger partial charge in [-0.05, 0) is 49.7 Å². The van der Waals surface area contributed by atoms with E-state index in [9.17, 15) is 4.79 Å². The smallest absolute Gasteiger partial charge is 0.230 e. The molecule has 1 amide bonds. The number of hydrogen-bond acceptors (Lipinski definition) is 2. The molecule has 0 bridgehead atoms. The lowest BCUT2D eigenvalue weighted by molar-refractivity contribution is -0.123. The molecular formula is C16H20N2O. The molecule has 4 rings (SSSR count). The number of rotatable bonds is 4. The van der Waals surface area contributed by atoms with Crippen LogP contribution in [0.4, 0.5) is 0 Å². The molecule has 3 N–H and O–H groups in total. The van der Waals surface area contributed by atoms with Crippen molar-refractivity contribution in [3.63, 3.8) is 0 Å². The third kappa shape index (κ3) is 1.88. The number of carbonyl (C=O) groups is 1. The van der Waals surface area contributed by atoms with E-state index >= 15 is 0 Å². The molecule has 1 aromatic rings. The maximum absolute atomic E-state index is 12.4. The molecule has 100 valence electrons. The van der Waals surface area contributed by atoms with Crippen LogP contribution in [0.3, 0.4) is 0 Å². The second kappa shape index (κ2) is 3.60. The Kier molecular flexibility index (Phi) is 2.17. The van der Waals surface area contributed by atoms with E-state index in [1.54, 1.807) is 0 Å². The van der Waals surface area contributed by atoms with E-state index in [1.807, 2.05) is 0 Å². The Bertz CT molecular complexity index is 539. The van der Waals surface area contributed by atoms with E-state index in [-0.39, 0.29) is 16.9 Å². The van der Waals surface area contributed by atoms with Crippen molar-refractivity contribution in [1.29, 1.82) is 0 Å². The first kappa shape index (κ1) is 11.5. The summed E-state index contributed by atoms with van der Waals surface area (Å²) >= 11 is 0. The van der Waals surface area contributed by atoms with Gasteiger partial charge in [-0.2, -0.15) is 0 Å². The molecule has 0 aromatic heterocycles. The number of carbonyl (C=O) groups excluding carboxylic acids is 1. The lowest BCUT2D eigenvalue weighted by Crippen LogP contribution is -2.36. The number of hydrogen-bond donors (Lipinski definition) is 2. The van der Waals surface area contributed by atoms with Crippen LogP contribution in [0.5, 0.6) is 0 Å². The standard InChI is InChI=1S/C16H20N2O/c17-16(8-9-16)12-3-1-2-11(10-12)15(6-7-15)14(19)18-13-4-5-13/h1-3,10,13H,4-9,17H2,(H,18,19). The zero-order chi connectivity index (χ0) is 13.1. The van der Waals surface area contributed by atoms with E-state index in [2.05, 4.69) is 29.6 Å². The van der Waals surface area contributed by atoms with Crippen LogP contribution in [0.1, 0.15) is 49.7 Å². The van der Waals surface area contributed by atoms with Gasteiger partial charge in [0.15, 0.2) is 0 Å². The van der Waals surface area contributed by atoms with Gasteiger partial charge in [0.1, 0.15) is 0 Å². The highest BCUT2D eigenvalue weighted by Crippen LogP contribution is 2.51. The topological polar surface area (TPSA) is 55.1 Å². The lowest BCUT2D eigenvalue weighted by atomic mass is 9.91. The van der Waals surface area contributed by atoms with E-state index < -0.39 is 0 Å². The summed E-state index contributed by atoms with van der Waals surface area (Å²) in [7, 11) is 0. The van der Waals surface area contributed by atoms with Crippen molar-refractivity contribution < 1.29 is 4.79 Å².